The van der Waals surface area contributed by atoms with Crippen molar-refractivity contribution >= 4 is 5.91 Å². The quantitative estimate of drug-likeness (QED) is 0.617. The standard InChI is InChI=1S/C17H23N3O2/c1-13(12-20(3)4)14(2)17(21)19-9-10-22-16-7-5-15(11-18)6-8-16/h5-8H,9-10,12H2,1-4H3,(H,19,21). The largest absolute Gasteiger partial charge is 0.492 e. The highest BCUT2D eigenvalue weighted by Gasteiger charge is 2.07. The highest BCUT2D eigenvalue weighted by atomic mass is 16.5. The smallest absolute Gasteiger partial charge is 0.247 e. The van der Waals surface area contributed by atoms with Gasteiger partial charge in [0.2, 0.25) is 5.91 Å². The molecule has 22 heavy (non-hydrogen) atoms. The van der Waals surface area contributed by atoms with E-state index in [4.69, 9.17) is 10.00 Å². The fraction of sp³-hybridized carbons (Fsp3) is 0.412. The Labute approximate surface area is 132 Å². The average molecular weight is 301 g/mol. The summed E-state index contributed by atoms with van der Waals surface area (Å²) in [7, 11) is 3.94. The fourth-order valence-electron chi connectivity index (χ4n) is 1.88. The van der Waals surface area contributed by atoms with Crippen LogP contribution in [0, 0.1) is 11.3 Å². The number of nitrogens with one attached hydrogen (secondary N) is 1. The maximum atomic E-state index is 12.0. The topological polar surface area (TPSA) is 65.4 Å². The molecule has 5 nitrogen and oxygen atoms in total. The molecule has 118 valence electrons. The van der Waals surface area contributed by atoms with E-state index in [1.807, 2.05) is 32.8 Å². The van der Waals surface area contributed by atoms with Gasteiger partial charge in [-0.1, -0.05) is 5.57 Å². The first-order valence-corrected chi connectivity index (χ1v) is 7.16. The molecule has 1 rings (SSSR count). The van der Waals surface area contributed by atoms with Crippen LogP contribution in [0.15, 0.2) is 35.4 Å². The van der Waals surface area contributed by atoms with Gasteiger partial charge in [-0.3, -0.25) is 4.79 Å². The summed E-state index contributed by atoms with van der Waals surface area (Å²) in [6.45, 7) is 5.38. The van der Waals surface area contributed by atoms with E-state index < -0.39 is 0 Å². The Morgan fingerprint density at radius 1 is 1.27 bits per heavy atom. The number of nitrogens with zero attached hydrogens (tertiary/aromatic N) is 2. The van der Waals surface area contributed by atoms with Crippen LogP contribution in [-0.2, 0) is 4.79 Å². The van der Waals surface area contributed by atoms with E-state index in [0.717, 1.165) is 17.7 Å². The van der Waals surface area contributed by atoms with Gasteiger partial charge in [0.25, 0.3) is 0 Å². The molecule has 0 aliphatic heterocycles. The molecule has 0 radical (unpaired) electrons. The van der Waals surface area contributed by atoms with Crippen molar-refractivity contribution in [3.63, 3.8) is 0 Å². The summed E-state index contributed by atoms with van der Waals surface area (Å²) in [5.74, 6) is 0.618. The lowest BCUT2D eigenvalue weighted by Crippen LogP contribution is -2.30. The Morgan fingerprint density at radius 2 is 1.91 bits per heavy atom. The molecule has 0 saturated carbocycles. The van der Waals surface area contributed by atoms with Gasteiger partial charge in [-0.05, 0) is 52.2 Å². The summed E-state index contributed by atoms with van der Waals surface area (Å²) in [5.41, 5.74) is 2.39. The summed E-state index contributed by atoms with van der Waals surface area (Å²) in [4.78, 5) is 14.0. The molecular formula is C17H23N3O2. The SMILES string of the molecule is CC(CN(C)C)=C(C)C(=O)NCCOc1ccc(C#N)cc1. The summed E-state index contributed by atoms with van der Waals surface area (Å²) in [5, 5.41) is 11.5. The lowest BCUT2D eigenvalue weighted by molar-refractivity contribution is -0.117. The number of nitriles is 1. The third-order valence-electron chi connectivity index (χ3n) is 3.17. The number of carbonyl (C=O) groups excluding carboxylic acids is 1. The van der Waals surface area contributed by atoms with E-state index >= 15 is 0 Å². The zero-order chi connectivity index (χ0) is 16.5. The molecule has 1 aromatic rings. The van der Waals surface area contributed by atoms with Gasteiger partial charge in [-0.25, -0.2) is 0 Å². The lowest BCUT2D eigenvalue weighted by Gasteiger charge is -2.13. The van der Waals surface area contributed by atoms with Crippen LogP contribution in [0.5, 0.6) is 5.75 Å². The zero-order valence-electron chi connectivity index (χ0n) is 13.6. The lowest BCUT2D eigenvalue weighted by atomic mass is 10.1. The third kappa shape index (κ3) is 5.98. The van der Waals surface area contributed by atoms with Crippen molar-refractivity contribution in [1.29, 1.82) is 5.26 Å². The molecule has 1 amide bonds. The number of carbonyl (C=O) groups is 1. The van der Waals surface area contributed by atoms with Crippen LogP contribution in [0.2, 0.25) is 0 Å². The van der Waals surface area contributed by atoms with Crippen molar-refractivity contribution in [3.05, 3.63) is 41.0 Å². The molecule has 1 N–H and O–H groups in total. The molecule has 0 aliphatic rings. The molecule has 0 spiro atoms. The molecule has 0 fully saturated rings. The molecule has 0 heterocycles. The molecule has 0 aliphatic carbocycles. The van der Waals surface area contributed by atoms with E-state index in [1.165, 1.54) is 0 Å². The minimum atomic E-state index is -0.0669. The van der Waals surface area contributed by atoms with Crippen molar-refractivity contribution in [3.8, 4) is 11.8 Å². The highest BCUT2D eigenvalue weighted by Crippen LogP contribution is 2.11. The number of hydrogen-bond donors (Lipinski definition) is 1. The van der Waals surface area contributed by atoms with Gasteiger partial charge in [0, 0.05) is 12.1 Å². The minimum absolute atomic E-state index is 0.0669. The molecule has 0 unspecified atom stereocenters. The first kappa shape index (κ1) is 17.7. The Bertz CT molecular complexity index is 569. The van der Waals surface area contributed by atoms with Crippen molar-refractivity contribution < 1.29 is 9.53 Å². The average Bonchev–Trinajstić information content (AvgIpc) is 2.50. The van der Waals surface area contributed by atoms with Crippen molar-refractivity contribution in [2.45, 2.75) is 13.8 Å². The van der Waals surface area contributed by atoms with E-state index in [0.29, 0.717) is 24.5 Å². The van der Waals surface area contributed by atoms with Gasteiger partial charge in [0.1, 0.15) is 12.4 Å². The molecule has 1 aromatic carbocycles. The molecule has 0 saturated heterocycles. The van der Waals surface area contributed by atoms with Crippen LogP contribution in [0.4, 0.5) is 0 Å². The van der Waals surface area contributed by atoms with Crippen LogP contribution in [0.3, 0.4) is 0 Å². The molecule has 5 heteroatoms. The Morgan fingerprint density at radius 3 is 2.45 bits per heavy atom. The number of amides is 1. The predicted molar refractivity (Wildman–Crippen MR) is 86.6 cm³/mol. The summed E-state index contributed by atoms with van der Waals surface area (Å²) < 4.78 is 5.51. The maximum Gasteiger partial charge on any atom is 0.247 e. The Hall–Kier alpha value is -2.32. The predicted octanol–water partition coefficient (Wildman–Crippen LogP) is 1.95. The first-order valence-electron chi connectivity index (χ1n) is 7.16. The number of rotatable bonds is 7. The van der Waals surface area contributed by atoms with Gasteiger partial charge in [-0.2, -0.15) is 5.26 Å². The van der Waals surface area contributed by atoms with E-state index in [-0.39, 0.29) is 5.91 Å². The number of ether oxygens (including phenoxy) is 1. The van der Waals surface area contributed by atoms with Gasteiger partial charge in [0.05, 0.1) is 18.2 Å². The number of hydrogen-bond acceptors (Lipinski definition) is 4. The van der Waals surface area contributed by atoms with E-state index in [9.17, 15) is 4.79 Å². The van der Waals surface area contributed by atoms with Crippen LogP contribution < -0.4 is 10.1 Å². The normalized spacial score (nSPS) is 11.6. The third-order valence-corrected chi connectivity index (χ3v) is 3.17. The molecule has 0 bridgehead atoms. The van der Waals surface area contributed by atoms with E-state index in [2.05, 4.69) is 11.4 Å². The fourth-order valence-corrected chi connectivity index (χ4v) is 1.88. The van der Waals surface area contributed by atoms with Crippen molar-refractivity contribution in [2.24, 2.45) is 0 Å². The molecular weight excluding hydrogens is 278 g/mol. The second-order valence-corrected chi connectivity index (χ2v) is 5.38. The Kier molecular flexibility index (Phi) is 7.14. The monoisotopic (exact) mass is 301 g/mol. The van der Waals surface area contributed by atoms with Gasteiger partial charge in [-0.15, -0.1) is 0 Å². The van der Waals surface area contributed by atoms with E-state index in [1.54, 1.807) is 24.3 Å². The first-order chi connectivity index (χ1) is 10.4. The summed E-state index contributed by atoms with van der Waals surface area (Å²) in [6, 6.07) is 8.94. The second kappa shape index (κ2) is 8.85. The summed E-state index contributed by atoms with van der Waals surface area (Å²) in [6.07, 6.45) is 0. The van der Waals surface area contributed by atoms with Crippen LogP contribution >= 0.6 is 0 Å². The van der Waals surface area contributed by atoms with Gasteiger partial charge < -0.3 is 15.0 Å². The molecule has 0 atom stereocenters. The van der Waals surface area contributed by atoms with Gasteiger partial charge in [0.15, 0.2) is 0 Å². The van der Waals surface area contributed by atoms with Crippen LogP contribution in [0.25, 0.3) is 0 Å². The van der Waals surface area contributed by atoms with Crippen LogP contribution in [0.1, 0.15) is 19.4 Å². The maximum absolute atomic E-state index is 12.0. The Balaban J connectivity index is 2.37. The van der Waals surface area contributed by atoms with Crippen molar-refractivity contribution in [1.82, 2.24) is 10.2 Å². The minimum Gasteiger partial charge on any atom is -0.492 e. The summed E-state index contributed by atoms with van der Waals surface area (Å²) >= 11 is 0. The highest BCUT2D eigenvalue weighted by molar-refractivity contribution is 5.93. The zero-order valence-corrected chi connectivity index (χ0v) is 13.6. The van der Waals surface area contributed by atoms with Crippen molar-refractivity contribution in [2.75, 3.05) is 33.8 Å². The molecule has 0 aromatic heterocycles. The van der Waals surface area contributed by atoms with Gasteiger partial charge >= 0.3 is 0 Å². The second-order valence-electron chi connectivity index (χ2n) is 5.38. The number of likely N-dealkylation sites (N-methyl/N-ethyl adjacent to an activating group) is 1. The number of benzene rings is 1. The van der Waals surface area contributed by atoms with Crippen LogP contribution in [-0.4, -0.2) is 44.6 Å².